The molecule has 28 heavy (non-hydrogen) atoms. The monoisotopic (exact) mass is 381 g/mol. The van der Waals surface area contributed by atoms with Crippen molar-refractivity contribution in [2.75, 3.05) is 27.3 Å². The number of methoxy groups -OCH3 is 2. The Balaban J connectivity index is 1.89. The van der Waals surface area contributed by atoms with Gasteiger partial charge >= 0.3 is 5.97 Å². The summed E-state index contributed by atoms with van der Waals surface area (Å²) in [5.74, 6) is 0.298. The van der Waals surface area contributed by atoms with Crippen LogP contribution in [-0.2, 0) is 4.79 Å². The summed E-state index contributed by atoms with van der Waals surface area (Å²) in [7, 11) is 3.13. The lowest BCUT2D eigenvalue weighted by Crippen LogP contribution is -2.37. The Bertz CT molecular complexity index is 881. The molecule has 1 unspecified atom stereocenters. The lowest BCUT2D eigenvalue weighted by atomic mass is 9.92. The topological polar surface area (TPSA) is 59.0 Å². The van der Waals surface area contributed by atoms with Crippen LogP contribution in [-0.4, -0.2) is 43.3 Å². The number of carboxylic acids is 1. The second kappa shape index (κ2) is 8.48. The van der Waals surface area contributed by atoms with Gasteiger partial charge in [-0.25, -0.2) is 0 Å². The van der Waals surface area contributed by atoms with Crippen LogP contribution in [0.4, 0.5) is 0 Å². The molecule has 2 aromatic carbocycles. The molecule has 1 N–H and O–H groups in total. The fourth-order valence-electron chi connectivity index (χ4n) is 3.76. The standard InChI is InChI=1S/C23H27NO4/c1-15-6-5-7-21(16(15)2)17-8-10-24(11-9-17)22(23(25)26)18-12-19(27-3)14-20(13-18)28-4/h5-8,12-14,22H,9-11H2,1-4H3,(H,25,26). The summed E-state index contributed by atoms with van der Waals surface area (Å²) in [6.07, 6.45) is 2.97. The smallest absolute Gasteiger partial charge is 0.325 e. The van der Waals surface area contributed by atoms with E-state index in [-0.39, 0.29) is 0 Å². The lowest BCUT2D eigenvalue weighted by Gasteiger charge is -2.32. The van der Waals surface area contributed by atoms with Gasteiger partial charge in [-0.15, -0.1) is 0 Å². The summed E-state index contributed by atoms with van der Waals surface area (Å²) in [5, 5.41) is 9.93. The molecule has 5 heteroatoms. The molecule has 0 spiro atoms. The molecule has 0 aromatic heterocycles. The van der Waals surface area contributed by atoms with E-state index in [4.69, 9.17) is 9.47 Å². The van der Waals surface area contributed by atoms with Crippen molar-refractivity contribution in [3.63, 3.8) is 0 Å². The van der Waals surface area contributed by atoms with Crippen LogP contribution < -0.4 is 9.47 Å². The highest BCUT2D eigenvalue weighted by atomic mass is 16.5. The van der Waals surface area contributed by atoms with Crippen LogP contribution in [0.15, 0.2) is 42.5 Å². The highest BCUT2D eigenvalue weighted by Gasteiger charge is 2.30. The zero-order valence-corrected chi connectivity index (χ0v) is 16.9. The molecular formula is C23H27NO4. The summed E-state index contributed by atoms with van der Waals surface area (Å²) in [6, 6.07) is 10.9. The fraction of sp³-hybridized carbons (Fsp3) is 0.348. The zero-order chi connectivity index (χ0) is 20.3. The summed E-state index contributed by atoms with van der Waals surface area (Å²) < 4.78 is 10.6. The number of carboxylic acid groups (broad SMARTS) is 1. The molecule has 0 saturated heterocycles. The molecule has 2 aromatic rings. The van der Waals surface area contributed by atoms with Gasteiger partial charge < -0.3 is 14.6 Å². The SMILES string of the molecule is COc1cc(OC)cc(C(C(=O)O)N2CC=C(c3cccc(C)c3C)CC2)c1. The first kappa shape index (κ1) is 20.0. The minimum absolute atomic E-state index is 0.583. The van der Waals surface area contributed by atoms with Gasteiger partial charge in [0.05, 0.1) is 14.2 Å². The molecule has 0 amide bonds. The van der Waals surface area contributed by atoms with E-state index in [1.807, 2.05) is 4.90 Å². The van der Waals surface area contributed by atoms with E-state index < -0.39 is 12.0 Å². The molecule has 0 aliphatic carbocycles. The Morgan fingerprint density at radius 1 is 1.11 bits per heavy atom. The molecule has 0 radical (unpaired) electrons. The van der Waals surface area contributed by atoms with Gasteiger partial charge in [-0.3, -0.25) is 9.69 Å². The number of ether oxygens (including phenoxy) is 2. The average molecular weight is 381 g/mol. The maximum absolute atomic E-state index is 12.1. The molecular weight excluding hydrogens is 354 g/mol. The van der Waals surface area contributed by atoms with E-state index in [2.05, 4.69) is 38.1 Å². The van der Waals surface area contributed by atoms with Crippen LogP contribution in [0, 0.1) is 13.8 Å². The molecule has 1 atom stereocenters. The second-order valence-electron chi connectivity index (χ2n) is 7.11. The summed E-state index contributed by atoms with van der Waals surface area (Å²) >= 11 is 0. The molecule has 0 saturated carbocycles. The van der Waals surface area contributed by atoms with E-state index in [1.165, 1.54) is 22.3 Å². The van der Waals surface area contributed by atoms with Crippen molar-refractivity contribution < 1.29 is 19.4 Å². The van der Waals surface area contributed by atoms with Crippen LogP contribution in [0.1, 0.15) is 34.7 Å². The molecule has 3 rings (SSSR count). The van der Waals surface area contributed by atoms with E-state index in [9.17, 15) is 9.90 Å². The number of aliphatic carboxylic acids is 1. The van der Waals surface area contributed by atoms with Crippen molar-refractivity contribution in [1.82, 2.24) is 4.90 Å². The summed E-state index contributed by atoms with van der Waals surface area (Å²) in [6.45, 7) is 5.51. The van der Waals surface area contributed by atoms with Gasteiger partial charge in [-0.2, -0.15) is 0 Å². The van der Waals surface area contributed by atoms with E-state index in [1.54, 1.807) is 32.4 Å². The molecule has 148 valence electrons. The highest BCUT2D eigenvalue weighted by molar-refractivity contribution is 5.77. The van der Waals surface area contributed by atoms with Gasteiger partial charge in [0, 0.05) is 19.2 Å². The first-order chi connectivity index (χ1) is 13.4. The Labute approximate surface area is 166 Å². The van der Waals surface area contributed by atoms with E-state index in [0.29, 0.717) is 30.2 Å². The number of rotatable bonds is 6. The largest absolute Gasteiger partial charge is 0.497 e. The molecule has 0 fully saturated rings. The predicted octanol–water partition coefficient (Wildman–Crippen LogP) is 4.24. The normalized spacial score (nSPS) is 15.6. The van der Waals surface area contributed by atoms with E-state index >= 15 is 0 Å². The summed E-state index contributed by atoms with van der Waals surface area (Å²) in [5.41, 5.74) is 5.76. The summed E-state index contributed by atoms with van der Waals surface area (Å²) in [4.78, 5) is 14.1. The maximum atomic E-state index is 12.1. The third-order valence-electron chi connectivity index (χ3n) is 5.48. The van der Waals surface area contributed by atoms with Gasteiger partial charge in [-0.05, 0) is 60.2 Å². The lowest BCUT2D eigenvalue weighted by molar-refractivity contribution is -0.143. The van der Waals surface area contributed by atoms with Crippen molar-refractivity contribution in [3.05, 3.63) is 64.7 Å². The van der Waals surface area contributed by atoms with Gasteiger partial charge in [-0.1, -0.05) is 24.3 Å². The molecule has 0 bridgehead atoms. The van der Waals surface area contributed by atoms with Crippen LogP contribution in [0.25, 0.3) is 5.57 Å². The third kappa shape index (κ3) is 4.04. The Hall–Kier alpha value is -2.79. The predicted molar refractivity (Wildman–Crippen MR) is 110 cm³/mol. The Morgan fingerprint density at radius 3 is 2.32 bits per heavy atom. The van der Waals surface area contributed by atoms with Crippen LogP contribution in [0.3, 0.4) is 0 Å². The Morgan fingerprint density at radius 2 is 1.79 bits per heavy atom. The van der Waals surface area contributed by atoms with Crippen LogP contribution in [0.5, 0.6) is 11.5 Å². The minimum Gasteiger partial charge on any atom is -0.497 e. The van der Waals surface area contributed by atoms with Crippen molar-refractivity contribution in [2.45, 2.75) is 26.3 Å². The second-order valence-corrected chi connectivity index (χ2v) is 7.11. The molecule has 1 aliphatic rings. The molecule has 1 heterocycles. The highest BCUT2D eigenvalue weighted by Crippen LogP contribution is 2.33. The van der Waals surface area contributed by atoms with Gasteiger partial charge in [0.15, 0.2) is 0 Å². The first-order valence-corrected chi connectivity index (χ1v) is 9.40. The zero-order valence-electron chi connectivity index (χ0n) is 16.9. The molecule has 5 nitrogen and oxygen atoms in total. The number of carbonyl (C=O) groups is 1. The van der Waals surface area contributed by atoms with Crippen molar-refractivity contribution in [2.24, 2.45) is 0 Å². The number of hydrogen-bond acceptors (Lipinski definition) is 4. The molecule has 1 aliphatic heterocycles. The van der Waals surface area contributed by atoms with E-state index in [0.717, 1.165) is 6.42 Å². The van der Waals surface area contributed by atoms with Crippen molar-refractivity contribution in [1.29, 1.82) is 0 Å². The number of hydrogen-bond donors (Lipinski definition) is 1. The first-order valence-electron chi connectivity index (χ1n) is 9.40. The number of aryl methyl sites for hydroxylation is 1. The van der Waals surface area contributed by atoms with Crippen molar-refractivity contribution in [3.8, 4) is 11.5 Å². The fourth-order valence-corrected chi connectivity index (χ4v) is 3.76. The van der Waals surface area contributed by atoms with Gasteiger partial charge in [0.2, 0.25) is 0 Å². The van der Waals surface area contributed by atoms with Gasteiger partial charge in [0.1, 0.15) is 17.5 Å². The number of nitrogens with zero attached hydrogens (tertiary/aromatic N) is 1. The minimum atomic E-state index is -0.876. The van der Waals surface area contributed by atoms with Crippen LogP contribution in [0.2, 0.25) is 0 Å². The van der Waals surface area contributed by atoms with Crippen LogP contribution >= 0.6 is 0 Å². The Kier molecular flexibility index (Phi) is 6.05. The van der Waals surface area contributed by atoms with Gasteiger partial charge in [0.25, 0.3) is 0 Å². The quantitative estimate of drug-likeness (QED) is 0.811. The number of benzene rings is 2. The van der Waals surface area contributed by atoms with Crippen molar-refractivity contribution >= 4 is 11.5 Å². The average Bonchev–Trinajstić information content (AvgIpc) is 2.70. The maximum Gasteiger partial charge on any atom is 0.325 e. The third-order valence-corrected chi connectivity index (χ3v) is 5.48.